The monoisotopic (exact) mass is 458 g/mol. The highest BCUT2D eigenvalue weighted by Crippen LogP contribution is 2.20. The van der Waals surface area contributed by atoms with Gasteiger partial charge >= 0.3 is 30.1 Å². The third-order valence-corrected chi connectivity index (χ3v) is 3.63. The molecule has 0 aliphatic rings. The second-order valence-electron chi connectivity index (χ2n) is 6.89. The Morgan fingerprint density at radius 1 is 0.750 bits per heavy atom. The van der Waals surface area contributed by atoms with Crippen molar-refractivity contribution in [3.8, 4) is 0 Å². The number of esters is 3. The van der Waals surface area contributed by atoms with Crippen LogP contribution in [0.25, 0.3) is 0 Å². The van der Waals surface area contributed by atoms with E-state index >= 15 is 0 Å². The van der Waals surface area contributed by atoms with Crippen LogP contribution in [0.1, 0.15) is 20.8 Å². The van der Waals surface area contributed by atoms with Gasteiger partial charge in [-0.2, -0.15) is 0 Å². The zero-order chi connectivity index (χ0) is 24.7. The predicted octanol–water partition coefficient (Wildman–Crippen LogP) is 0.857. The van der Waals surface area contributed by atoms with Crippen LogP contribution in [0.4, 0.5) is 9.59 Å². The normalized spacial score (nSPS) is 10.2. The summed E-state index contributed by atoms with van der Waals surface area (Å²) < 4.78 is 24.2. The molecule has 0 aromatic rings. The number of hydrogen-bond acceptors (Lipinski definition) is 10. The fraction of sp³-hybridized carbons (Fsp3) is 0.550. The number of carbonyl (C=O) groups excluding carboxylic acids is 5. The molecule has 0 spiro atoms. The Morgan fingerprint density at radius 3 is 1.44 bits per heavy atom. The largest absolute Gasteiger partial charge is 0.468 e. The molecule has 0 aromatic carbocycles. The van der Waals surface area contributed by atoms with Crippen LogP contribution in [0.15, 0.2) is 24.3 Å². The van der Waals surface area contributed by atoms with Crippen molar-refractivity contribution in [3.05, 3.63) is 24.3 Å². The van der Waals surface area contributed by atoms with Gasteiger partial charge in [0.15, 0.2) is 0 Å². The quantitative estimate of drug-likeness (QED) is 0.176. The van der Waals surface area contributed by atoms with Gasteiger partial charge in [0.05, 0.1) is 20.2 Å². The molecule has 0 saturated heterocycles. The second-order valence-corrected chi connectivity index (χ2v) is 6.89. The molecule has 0 radical (unpaired) electrons. The summed E-state index contributed by atoms with van der Waals surface area (Å²) in [6.07, 6.45) is -1.76. The molecular formula is C20H30N2O10. The van der Waals surface area contributed by atoms with Crippen molar-refractivity contribution < 1.29 is 47.7 Å². The maximum Gasteiger partial charge on any atom is 0.407 e. The Kier molecular flexibility index (Phi) is 12.8. The van der Waals surface area contributed by atoms with Crippen LogP contribution < -0.4 is 10.6 Å². The molecule has 0 fully saturated rings. The predicted molar refractivity (Wildman–Crippen MR) is 110 cm³/mol. The van der Waals surface area contributed by atoms with E-state index < -0.39 is 48.7 Å². The van der Waals surface area contributed by atoms with E-state index in [1.165, 1.54) is 20.8 Å². The molecule has 0 atom stereocenters. The van der Waals surface area contributed by atoms with E-state index in [4.69, 9.17) is 18.9 Å². The Labute approximate surface area is 186 Å². The Bertz CT molecular complexity index is 682. The first kappa shape index (κ1) is 28.4. The van der Waals surface area contributed by atoms with Crippen LogP contribution in [0, 0.1) is 5.41 Å². The van der Waals surface area contributed by atoms with Crippen LogP contribution >= 0.6 is 0 Å². The minimum absolute atomic E-state index is 0.0261. The molecule has 2 amide bonds. The van der Waals surface area contributed by atoms with E-state index in [0.29, 0.717) is 0 Å². The van der Waals surface area contributed by atoms with E-state index in [1.807, 2.05) is 0 Å². The van der Waals surface area contributed by atoms with E-state index in [2.05, 4.69) is 28.5 Å². The van der Waals surface area contributed by atoms with E-state index in [1.54, 1.807) is 0 Å². The molecule has 0 saturated carbocycles. The first-order chi connectivity index (χ1) is 14.9. The summed E-state index contributed by atoms with van der Waals surface area (Å²) in [5.74, 6) is -1.96. The number of ether oxygens (including phenoxy) is 5. The Hall–Kier alpha value is -3.57. The van der Waals surface area contributed by atoms with E-state index in [-0.39, 0.29) is 37.4 Å². The van der Waals surface area contributed by atoms with Gasteiger partial charge in [-0.05, 0) is 20.8 Å². The maximum atomic E-state index is 12.1. The Morgan fingerprint density at radius 2 is 1.12 bits per heavy atom. The number of alkyl carbamates (subject to hydrolysis) is 2. The SMILES string of the molecule is C=C(C)C(=O)OCCNC(=O)OCC(C)(COC(=O)NCCOC(=O)C(=C)C)C(=O)OC. The van der Waals surface area contributed by atoms with Gasteiger partial charge in [0.1, 0.15) is 31.8 Å². The minimum atomic E-state index is -1.48. The zero-order valence-electron chi connectivity index (χ0n) is 18.7. The van der Waals surface area contributed by atoms with Gasteiger partial charge in [0.25, 0.3) is 0 Å². The lowest BCUT2D eigenvalue weighted by Crippen LogP contribution is -2.42. The van der Waals surface area contributed by atoms with Crippen molar-refractivity contribution in [1.29, 1.82) is 0 Å². The topological polar surface area (TPSA) is 156 Å². The van der Waals surface area contributed by atoms with Gasteiger partial charge in [0, 0.05) is 11.1 Å². The molecule has 0 bridgehead atoms. The summed E-state index contributed by atoms with van der Waals surface area (Å²) in [5, 5.41) is 4.67. The highest BCUT2D eigenvalue weighted by molar-refractivity contribution is 5.87. The van der Waals surface area contributed by atoms with Crippen LogP contribution in [0.3, 0.4) is 0 Å². The summed E-state index contributed by atoms with van der Waals surface area (Å²) in [6.45, 7) is 10.0. The second kappa shape index (κ2) is 14.4. The fourth-order valence-corrected chi connectivity index (χ4v) is 1.80. The number of carbonyl (C=O) groups is 5. The van der Waals surface area contributed by atoms with Crippen LogP contribution in [-0.4, -0.2) is 76.7 Å². The van der Waals surface area contributed by atoms with Crippen molar-refractivity contribution in [3.63, 3.8) is 0 Å². The fourth-order valence-electron chi connectivity index (χ4n) is 1.80. The zero-order valence-corrected chi connectivity index (χ0v) is 18.7. The molecule has 32 heavy (non-hydrogen) atoms. The average Bonchev–Trinajstić information content (AvgIpc) is 2.75. The van der Waals surface area contributed by atoms with Crippen molar-refractivity contribution in [2.75, 3.05) is 46.6 Å². The highest BCUT2D eigenvalue weighted by Gasteiger charge is 2.38. The third-order valence-electron chi connectivity index (χ3n) is 3.63. The molecule has 0 aromatic heterocycles. The first-order valence-corrected chi connectivity index (χ1v) is 9.48. The van der Waals surface area contributed by atoms with Gasteiger partial charge in [-0.1, -0.05) is 13.2 Å². The molecule has 180 valence electrons. The smallest absolute Gasteiger partial charge is 0.407 e. The molecule has 0 heterocycles. The number of methoxy groups -OCH3 is 1. The van der Waals surface area contributed by atoms with E-state index in [0.717, 1.165) is 7.11 Å². The van der Waals surface area contributed by atoms with Crippen LogP contribution in [0.5, 0.6) is 0 Å². The number of hydrogen-bond donors (Lipinski definition) is 2. The molecule has 0 rings (SSSR count). The number of rotatable bonds is 13. The summed E-state index contributed by atoms with van der Waals surface area (Å²) in [7, 11) is 1.13. The summed E-state index contributed by atoms with van der Waals surface area (Å²) in [6, 6.07) is 0. The molecular weight excluding hydrogens is 428 g/mol. The van der Waals surface area contributed by atoms with Gasteiger partial charge < -0.3 is 34.3 Å². The van der Waals surface area contributed by atoms with E-state index in [9.17, 15) is 24.0 Å². The molecule has 12 nitrogen and oxygen atoms in total. The van der Waals surface area contributed by atoms with Gasteiger partial charge in [0.2, 0.25) is 0 Å². The van der Waals surface area contributed by atoms with Crippen molar-refractivity contribution in [2.45, 2.75) is 20.8 Å². The summed E-state index contributed by atoms with van der Waals surface area (Å²) in [5.41, 5.74) is -1.04. The lowest BCUT2D eigenvalue weighted by Gasteiger charge is -2.25. The van der Waals surface area contributed by atoms with Gasteiger partial charge in [-0.15, -0.1) is 0 Å². The van der Waals surface area contributed by atoms with Gasteiger partial charge in [-0.3, -0.25) is 4.79 Å². The average molecular weight is 458 g/mol. The lowest BCUT2D eigenvalue weighted by atomic mass is 9.93. The number of nitrogens with one attached hydrogen (secondary N) is 2. The van der Waals surface area contributed by atoms with Crippen LogP contribution in [0.2, 0.25) is 0 Å². The van der Waals surface area contributed by atoms with Crippen molar-refractivity contribution >= 4 is 30.1 Å². The number of amides is 2. The molecule has 12 heteroatoms. The third kappa shape index (κ3) is 11.6. The molecule has 0 aliphatic heterocycles. The summed E-state index contributed by atoms with van der Waals surface area (Å²) in [4.78, 5) is 58.1. The molecule has 0 unspecified atom stereocenters. The van der Waals surface area contributed by atoms with Crippen LogP contribution in [-0.2, 0) is 38.1 Å². The standard InChI is InChI=1S/C20H30N2O10/c1-13(2)15(23)29-9-7-21-18(26)31-11-20(5,17(25)28-6)12-32-19(27)22-8-10-30-16(24)14(3)4/h1,3,7-12H2,2,4-6H3,(H,21,26)(H,22,27). The highest BCUT2D eigenvalue weighted by atomic mass is 16.6. The Balaban J connectivity index is 4.43. The molecule has 2 N–H and O–H groups in total. The van der Waals surface area contributed by atoms with Crippen molar-refractivity contribution in [1.82, 2.24) is 10.6 Å². The maximum absolute atomic E-state index is 12.1. The minimum Gasteiger partial charge on any atom is -0.468 e. The first-order valence-electron chi connectivity index (χ1n) is 9.48. The lowest BCUT2D eigenvalue weighted by molar-refractivity contribution is -0.157. The summed E-state index contributed by atoms with van der Waals surface area (Å²) >= 11 is 0. The van der Waals surface area contributed by atoms with Gasteiger partial charge in [-0.25, -0.2) is 19.2 Å². The van der Waals surface area contributed by atoms with Crippen molar-refractivity contribution in [2.24, 2.45) is 5.41 Å². The molecule has 0 aliphatic carbocycles.